The summed E-state index contributed by atoms with van der Waals surface area (Å²) in [5.74, 6) is 0.229. The van der Waals surface area contributed by atoms with E-state index in [-0.39, 0.29) is 44.2 Å². The van der Waals surface area contributed by atoms with Crippen LogP contribution in [0.25, 0.3) is 0 Å². The van der Waals surface area contributed by atoms with Crippen molar-refractivity contribution in [1.29, 1.82) is 0 Å². The second-order valence-corrected chi connectivity index (χ2v) is 2.03. The summed E-state index contributed by atoms with van der Waals surface area (Å²) in [7, 11) is 3.09. The molecule has 0 aromatic rings. The van der Waals surface area contributed by atoms with E-state index in [1.165, 1.54) is 0 Å². The maximum Gasteiger partial charge on any atom is 0 e. The molecule has 53 valence electrons. The van der Waals surface area contributed by atoms with Crippen LogP contribution < -0.4 is 0 Å². The van der Waals surface area contributed by atoms with Gasteiger partial charge in [0.1, 0.15) is 0 Å². The second-order valence-electron chi connectivity index (χ2n) is 1.18. The number of aliphatic hydroxyl groups excluding tert-OH is 1. The molecule has 0 aromatic heterocycles. The molecule has 1 N–H and O–H groups in total. The molecule has 0 bridgehead atoms. The summed E-state index contributed by atoms with van der Waals surface area (Å²) < 4.78 is 5.98. The van der Waals surface area contributed by atoms with Gasteiger partial charge in [-0.25, -0.2) is 0 Å². The maximum absolute atomic E-state index is 8.89. The Morgan fingerprint density at radius 2 is 2.20 bits per heavy atom. The fourth-order valence-corrected chi connectivity index (χ4v) is 0.683. The van der Waals surface area contributed by atoms with E-state index in [2.05, 4.69) is 11.8 Å². The second kappa shape index (κ2) is 7.84. The average molecular weight is 383 g/mol. The minimum atomic E-state index is 0. The van der Waals surface area contributed by atoms with Crippen molar-refractivity contribution in [3.8, 4) is 0 Å². The molecular weight excluding hydrogens is 377 g/mol. The molecule has 0 unspecified atom stereocenters. The fraction of sp³-hybridized carbons (Fsp3) is 0. The molecule has 0 spiro atoms. The van der Waals surface area contributed by atoms with Crippen molar-refractivity contribution < 1.29 is 61.9 Å². The molecule has 0 saturated heterocycles. The Hall–Kier alpha value is 0.742. The quantitative estimate of drug-likeness (QED) is 0.446. The molecule has 0 aliphatic rings. The SMILES string of the molecule is [CH-]=C/C(O[CH2-])=C(/O)[CH]=[W].[Y]. The van der Waals surface area contributed by atoms with Gasteiger partial charge in [-0.05, 0) is 0 Å². The Morgan fingerprint density at radius 1 is 1.70 bits per heavy atom. The third kappa shape index (κ3) is 4.54. The van der Waals surface area contributed by atoms with Gasteiger partial charge < -0.3 is 0 Å². The number of aliphatic hydroxyl groups is 1. The molecule has 0 aliphatic heterocycles. The smallest absolute Gasteiger partial charge is 0 e. The minimum absolute atomic E-state index is 0. The van der Waals surface area contributed by atoms with Crippen LogP contribution in [0, 0.1) is 13.7 Å². The molecule has 0 rings (SSSR count). The largest absolute Gasteiger partial charge is 0 e. The van der Waals surface area contributed by atoms with Crippen LogP contribution in [0.15, 0.2) is 17.6 Å². The van der Waals surface area contributed by atoms with E-state index in [9.17, 15) is 0 Å². The van der Waals surface area contributed by atoms with E-state index in [1.807, 2.05) is 0 Å². The van der Waals surface area contributed by atoms with Gasteiger partial charge in [0, 0.05) is 32.7 Å². The molecule has 2 nitrogen and oxygen atoms in total. The van der Waals surface area contributed by atoms with E-state index in [0.29, 0.717) is 0 Å². The number of ether oxygens (including phenoxy) is 1. The Morgan fingerprint density at radius 3 is 2.30 bits per heavy atom. The van der Waals surface area contributed by atoms with Crippen molar-refractivity contribution in [1.82, 2.24) is 0 Å². The first-order chi connectivity index (χ1) is 4.26. The number of hydrogen-bond donors (Lipinski definition) is 1. The summed E-state index contributed by atoms with van der Waals surface area (Å²) in [6, 6.07) is 0. The third-order valence-electron chi connectivity index (χ3n) is 0.671. The van der Waals surface area contributed by atoms with Gasteiger partial charge in [0.2, 0.25) is 0 Å². The maximum atomic E-state index is 8.89. The summed E-state index contributed by atoms with van der Waals surface area (Å²) in [4.78, 5) is 0. The summed E-state index contributed by atoms with van der Waals surface area (Å²) in [6.45, 7) is 5.04. The molecule has 0 aromatic carbocycles. The zero-order valence-corrected chi connectivity index (χ0v) is 11.1. The van der Waals surface area contributed by atoms with Gasteiger partial charge in [0.05, 0.1) is 0 Å². The van der Waals surface area contributed by atoms with Crippen molar-refractivity contribution in [3.05, 3.63) is 31.3 Å². The van der Waals surface area contributed by atoms with Crippen LogP contribution in [0.2, 0.25) is 0 Å². The van der Waals surface area contributed by atoms with Crippen LogP contribution in [0.3, 0.4) is 0 Å². The van der Waals surface area contributed by atoms with Gasteiger partial charge in [-0.1, -0.05) is 0 Å². The van der Waals surface area contributed by atoms with Gasteiger partial charge in [-0.15, -0.1) is 0 Å². The normalized spacial score (nSPS) is 10.5. The Balaban J connectivity index is 0. The Labute approximate surface area is 96.6 Å². The van der Waals surface area contributed by atoms with E-state index >= 15 is 0 Å². The van der Waals surface area contributed by atoms with Gasteiger partial charge in [-0.3, -0.25) is 0 Å². The molecule has 0 aliphatic carbocycles. The molecule has 1 radical (unpaired) electrons. The Bertz CT molecular complexity index is 154. The van der Waals surface area contributed by atoms with Crippen LogP contribution in [0.5, 0.6) is 0 Å². The zero-order chi connectivity index (χ0) is 7.28. The molecule has 0 amide bonds. The number of hydrogen-bond acceptors (Lipinski definition) is 2. The number of rotatable bonds is 3. The summed E-state index contributed by atoms with van der Waals surface area (Å²) in [6.07, 6.45) is 1.15. The van der Waals surface area contributed by atoms with Crippen LogP contribution in [-0.2, 0) is 56.8 Å². The van der Waals surface area contributed by atoms with E-state index in [4.69, 9.17) is 11.7 Å². The predicted octanol–water partition coefficient (Wildman–Crippen LogP) is 0.900. The molecular formula is C6H6O2WY-2. The van der Waals surface area contributed by atoms with E-state index in [0.717, 1.165) is 25.4 Å². The van der Waals surface area contributed by atoms with Crippen LogP contribution >= 0.6 is 0 Å². The van der Waals surface area contributed by atoms with Crippen molar-refractivity contribution in [2.75, 3.05) is 0 Å². The van der Waals surface area contributed by atoms with Crippen molar-refractivity contribution in [3.63, 3.8) is 0 Å². The molecule has 4 heteroatoms. The first kappa shape index (κ1) is 13.3. The zero-order valence-electron chi connectivity index (χ0n) is 5.28. The van der Waals surface area contributed by atoms with Gasteiger partial charge >= 0.3 is 64.9 Å². The van der Waals surface area contributed by atoms with Crippen LogP contribution in [0.1, 0.15) is 0 Å². The van der Waals surface area contributed by atoms with E-state index < -0.39 is 0 Å². The van der Waals surface area contributed by atoms with E-state index in [1.54, 1.807) is 4.40 Å². The molecule has 0 atom stereocenters. The minimum Gasteiger partial charge on any atom is 0 e. The molecule has 10 heavy (non-hydrogen) atoms. The molecule has 0 heterocycles. The monoisotopic (exact) mass is 383 g/mol. The van der Waals surface area contributed by atoms with Crippen LogP contribution in [-0.4, -0.2) is 9.51 Å². The van der Waals surface area contributed by atoms with Crippen LogP contribution in [0.4, 0.5) is 0 Å². The van der Waals surface area contributed by atoms with Gasteiger partial charge in [0.15, 0.2) is 0 Å². The fourth-order valence-electron chi connectivity index (χ4n) is 0.266. The Kier molecular flexibility index (Phi) is 10.5. The van der Waals surface area contributed by atoms with Crippen molar-refractivity contribution in [2.45, 2.75) is 0 Å². The molecule has 0 saturated carbocycles. The first-order valence-electron chi connectivity index (χ1n) is 2.11. The standard InChI is InChI=1S/C6H6O2.W.Y/c1-4-6(8-3)5(2)7;;/h1-2,4,7H,3H2;;/q-2;;/b6-5-;;. The topological polar surface area (TPSA) is 29.5 Å². The summed E-state index contributed by atoms with van der Waals surface area (Å²) >= 11 is 1.12. The predicted molar refractivity (Wildman–Crippen MR) is 31.0 cm³/mol. The average Bonchev–Trinajstić information content (AvgIpc) is 1.90. The van der Waals surface area contributed by atoms with Gasteiger partial charge in [0.25, 0.3) is 0 Å². The molecule has 0 fully saturated rings. The first-order valence-corrected chi connectivity index (χ1v) is 3.81. The number of allylic oxidation sites excluding steroid dienone is 2. The van der Waals surface area contributed by atoms with Crippen molar-refractivity contribution >= 4 is 4.40 Å². The summed E-state index contributed by atoms with van der Waals surface area (Å²) in [5, 5.41) is 8.89. The summed E-state index contributed by atoms with van der Waals surface area (Å²) in [5.41, 5.74) is 0. The van der Waals surface area contributed by atoms with Gasteiger partial charge in [-0.2, -0.15) is 0 Å². The third-order valence-corrected chi connectivity index (χ3v) is 1.47. The van der Waals surface area contributed by atoms with Crippen molar-refractivity contribution in [2.24, 2.45) is 0 Å².